The molecule has 5 nitrogen and oxygen atoms in total. The van der Waals surface area contributed by atoms with E-state index in [1.165, 1.54) is 7.05 Å². The summed E-state index contributed by atoms with van der Waals surface area (Å²) in [5.41, 5.74) is 2.86. The third-order valence-corrected chi connectivity index (χ3v) is 3.21. The van der Waals surface area contributed by atoms with E-state index in [4.69, 9.17) is 0 Å². The average Bonchev–Trinajstić information content (AvgIpc) is 2.65. The summed E-state index contributed by atoms with van der Waals surface area (Å²) in [4.78, 5) is 33.5. The van der Waals surface area contributed by atoms with Gasteiger partial charge >= 0.3 is 0 Å². The van der Waals surface area contributed by atoms with Crippen molar-refractivity contribution in [3.05, 3.63) is 47.4 Å². The molecule has 1 aliphatic rings. The number of carbonyl (C=O) groups excluding carboxylic acids is 2. The van der Waals surface area contributed by atoms with Crippen molar-refractivity contribution in [3.8, 4) is 11.3 Å². The van der Waals surface area contributed by atoms with E-state index in [9.17, 15) is 9.59 Å². The zero-order chi connectivity index (χ0) is 13.6. The Bertz CT molecular complexity index is 695. The number of aromatic nitrogens is 2. The first-order valence-electron chi connectivity index (χ1n) is 5.84. The van der Waals surface area contributed by atoms with Gasteiger partial charge in [-0.1, -0.05) is 0 Å². The van der Waals surface area contributed by atoms with E-state index in [-0.39, 0.29) is 11.8 Å². The lowest BCUT2D eigenvalue weighted by molar-refractivity contribution is 0.0693. The molecule has 3 rings (SSSR count). The van der Waals surface area contributed by atoms with Crippen molar-refractivity contribution in [1.29, 1.82) is 0 Å². The first kappa shape index (κ1) is 11.5. The largest absolute Gasteiger partial charge is 0.277 e. The molecule has 0 saturated heterocycles. The molecule has 0 bridgehead atoms. The van der Waals surface area contributed by atoms with Crippen molar-refractivity contribution in [1.82, 2.24) is 14.9 Å². The van der Waals surface area contributed by atoms with Gasteiger partial charge in [0.2, 0.25) is 0 Å². The molecule has 0 radical (unpaired) electrons. The van der Waals surface area contributed by atoms with Crippen LogP contribution in [0.5, 0.6) is 0 Å². The molecule has 0 aliphatic carbocycles. The lowest BCUT2D eigenvalue weighted by Gasteiger charge is -2.05. The summed E-state index contributed by atoms with van der Waals surface area (Å²) in [6, 6.07) is 5.33. The summed E-state index contributed by atoms with van der Waals surface area (Å²) in [5.74, 6) is -0.571. The van der Waals surface area contributed by atoms with Gasteiger partial charge in [0.05, 0.1) is 22.5 Å². The molecule has 0 saturated carbocycles. The summed E-state index contributed by atoms with van der Waals surface area (Å²) >= 11 is 0. The first-order chi connectivity index (χ1) is 9.09. The minimum Gasteiger partial charge on any atom is -0.277 e. The van der Waals surface area contributed by atoms with Gasteiger partial charge < -0.3 is 0 Å². The molecule has 2 amide bonds. The van der Waals surface area contributed by atoms with Crippen LogP contribution in [0.15, 0.2) is 30.6 Å². The zero-order valence-electron chi connectivity index (χ0n) is 10.5. The van der Waals surface area contributed by atoms with Gasteiger partial charge in [0, 0.05) is 25.0 Å². The highest BCUT2D eigenvalue weighted by Gasteiger charge is 2.35. The fourth-order valence-electron chi connectivity index (χ4n) is 2.21. The van der Waals surface area contributed by atoms with Crippen LogP contribution in [-0.4, -0.2) is 33.7 Å². The van der Waals surface area contributed by atoms with Crippen molar-refractivity contribution >= 4 is 11.8 Å². The van der Waals surface area contributed by atoms with Gasteiger partial charge in [-0.15, -0.1) is 0 Å². The van der Waals surface area contributed by atoms with Crippen molar-refractivity contribution in [3.63, 3.8) is 0 Å². The molecule has 0 N–H and O–H groups in total. The van der Waals surface area contributed by atoms with Crippen molar-refractivity contribution in [2.75, 3.05) is 7.05 Å². The maximum atomic E-state index is 12.0. The molecule has 2 aromatic rings. The molecular weight excluding hydrogens is 242 g/mol. The number of imide groups is 1. The van der Waals surface area contributed by atoms with Gasteiger partial charge in [-0.25, -0.2) is 0 Å². The molecule has 2 aromatic heterocycles. The second kappa shape index (κ2) is 3.98. The van der Waals surface area contributed by atoms with Crippen LogP contribution in [0.2, 0.25) is 0 Å². The molecule has 0 spiro atoms. The topological polar surface area (TPSA) is 63.2 Å². The molecule has 0 atom stereocenters. The highest BCUT2D eigenvalue weighted by atomic mass is 16.2. The van der Waals surface area contributed by atoms with Crippen LogP contribution in [0.3, 0.4) is 0 Å². The summed E-state index contributed by atoms with van der Waals surface area (Å²) in [6.07, 6.45) is 3.35. The average molecular weight is 253 g/mol. The Labute approximate surface area is 109 Å². The van der Waals surface area contributed by atoms with Crippen LogP contribution in [0.1, 0.15) is 26.4 Å². The van der Waals surface area contributed by atoms with Crippen molar-refractivity contribution in [2.45, 2.75) is 6.92 Å². The Morgan fingerprint density at radius 2 is 2.00 bits per heavy atom. The Hall–Kier alpha value is -2.56. The zero-order valence-corrected chi connectivity index (χ0v) is 10.5. The number of fused-ring (bicyclic) bond motifs is 1. The van der Waals surface area contributed by atoms with Gasteiger partial charge in [0.1, 0.15) is 0 Å². The van der Waals surface area contributed by atoms with Crippen LogP contribution in [0.4, 0.5) is 0 Å². The molecule has 0 aromatic carbocycles. The standard InChI is InChI=1S/C14H11N3O2/c1-8-12-10(13(18)17(2)14(12)19)6-11(16-8)9-4-3-5-15-7-9/h3-7H,1-2H3. The normalized spacial score (nSPS) is 13.9. The predicted molar refractivity (Wildman–Crippen MR) is 68.6 cm³/mol. The predicted octanol–water partition coefficient (Wildman–Crippen LogP) is 1.68. The summed E-state index contributed by atoms with van der Waals surface area (Å²) in [7, 11) is 1.48. The van der Waals surface area contributed by atoms with Crippen LogP contribution in [0, 0.1) is 6.92 Å². The Morgan fingerprint density at radius 3 is 2.68 bits per heavy atom. The fraction of sp³-hybridized carbons (Fsp3) is 0.143. The van der Waals surface area contributed by atoms with E-state index in [0.717, 1.165) is 10.5 Å². The van der Waals surface area contributed by atoms with Gasteiger partial charge in [0.15, 0.2) is 0 Å². The number of nitrogens with zero attached hydrogens (tertiary/aromatic N) is 3. The third-order valence-electron chi connectivity index (χ3n) is 3.21. The van der Waals surface area contributed by atoms with Crippen LogP contribution in [-0.2, 0) is 0 Å². The molecular formula is C14H11N3O2. The Kier molecular flexibility index (Phi) is 2.41. The monoisotopic (exact) mass is 253 g/mol. The van der Waals surface area contributed by atoms with Crippen molar-refractivity contribution in [2.24, 2.45) is 0 Å². The quantitative estimate of drug-likeness (QED) is 0.725. The Morgan fingerprint density at radius 1 is 1.21 bits per heavy atom. The highest BCUT2D eigenvalue weighted by Crippen LogP contribution is 2.28. The van der Waals surface area contributed by atoms with E-state index in [0.29, 0.717) is 22.5 Å². The summed E-state index contributed by atoms with van der Waals surface area (Å²) < 4.78 is 0. The number of amides is 2. The van der Waals surface area contributed by atoms with Gasteiger partial charge in [-0.3, -0.25) is 24.5 Å². The second-order valence-electron chi connectivity index (χ2n) is 4.43. The lowest BCUT2D eigenvalue weighted by Crippen LogP contribution is -2.24. The number of hydrogen-bond donors (Lipinski definition) is 0. The first-order valence-corrected chi connectivity index (χ1v) is 5.84. The number of rotatable bonds is 1. The number of carbonyl (C=O) groups is 2. The van der Waals surface area contributed by atoms with E-state index >= 15 is 0 Å². The maximum Gasteiger partial charge on any atom is 0.263 e. The number of hydrogen-bond acceptors (Lipinski definition) is 4. The molecule has 1 aliphatic heterocycles. The fourth-order valence-corrected chi connectivity index (χ4v) is 2.21. The van der Waals surface area contributed by atoms with E-state index in [2.05, 4.69) is 9.97 Å². The molecule has 5 heteroatoms. The molecule has 0 unspecified atom stereocenters. The lowest BCUT2D eigenvalue weighted by atomic mass is 10.1. The molecule has 19 heavy (non-hydrogen) atoms. The smallest absolute Gasteiger partial charge is 0.263 e. The van der Waals surface area contributed by atoms with Gasteiger partial charge in [-0.05, 0) is 25.1 Å². The third kappa shape index (κ3) is 1.62. The minimum atomic E-state index is -0.289. The molecule has 94 valence electrons. The van der Waals surface area contributed by atoms with Crippen LogP contribution < -0.4 is 0 Å². The van der Waals surface area contributed by atoms with E-state index in [1.54, 1.807) is 31.5 Å². The van der Waals surface area contributed by atoms with Gasteiger partial charge in [-0.2, -0.15) is 0 Å². The second-order valence-corrected chi connectivity index (χ2v) is 4.43. The van der Waals surface area contributed by atoms with Gasteiger partial charge in [0.25, 0.3) is 11.8 Å². The van der Waals surface area contributed by atoms with E-state index in [1.807, 2.05) is 6.07 Å². The van der Waals surface area contributed by atoms with Crippen LogP contribution in [0.25, 0.3) is 11.3 Å². The summed E-state index contributed by atoms with van der Waals surface area (Å²) in [6.45, 7) is 1.74. The van der Waals surface area contributed by atoms with E-state index < -0.39 is 0 Å². The summed E-state index contributed by atoms with van der Waals surface area (Å²) in [5, 5.41) is 0. The SMILES string of the molecule is Cc1nc(-c2cccnc2)cc2c1C(=O)N(C)C2=O. The highest BCUT2D eigenvalue weighted by molar-refractivity contribution is 6.21. The number of pyridine rings is 2. The Balaban J connectivity index is 2.22. The molecule has 0 fully saturated rings. The van der Waals surface area contributed by atoms with Crippen LogP contribution >= 0.6 is 0 Å². The molecule has 3 heterocycles. The minimum absolute atomic E-state index is 0.282. The van der Waals surface area contributed by atoms with Crippen molar-refractivity contribution < 1.29 is 9.59 Å². The number of aryl methyl sites for hydroxylation is 1. The maximum absolute atomic E-state index is 12.0.